The van der Waals surface area contributed by atoms with Crippen molar-refractivity contribution in [3.63, 3.8) is 0 Å². The highest BCUT2D eigenvalue weighted by atomic mass is 32.2. The average Bonchev–Trinajstić information content (AvgIpc) is 2.86. The van der Waals surface area contributed by atoms with Gasteiger partial charge in [0.2, 0.25) is 5.91 Å². The van der Waals surface area contributed by atoms with Crippen molar-refractivity contribution in [2.24, 2.45) is 7.05 Å². The molecule has 0 spiro atoms. The Labute approximate surface area is 139 Å². The van der Waals surface area contributed by atoms with Gasteiger partial charge in [0.05, 0.1) is 5.75 Å². The van der Waals surface area contributed by atoms with Gasteiger partial charge in [-0.3, -0.25) is 9.59 Å². The third-order valence-electron chi connectivity index (χ3n) is 3.27. The standard InChI is InChI=1S/C16H20N4O2S/c1-10(2)15-18-19-16(20(15)4)23-9-14(22)17-13-7-5-6-12(8-13)11(3)21/h5-8,10H,9H2,1-4H3,(H,17,22). The lowest BCUT2D eigenvalue weighted by Crippen LogP contribution is -2.15. The molecule has 1 aromatic heterocycles. The van der Waals surface area contributed by atoms with E-state index >= 15 is 0 Å². The van der Waals surface area contributed by atoms with Crippen molar-refractivity contribution in [3.05, 3.63) is 35.7 Å². The van der Waals surface area contributed by atoms with Crippen LogP contribution in [0.1, 0.15) is 42.9 Å². The Bertz CT molecular complexity index is 725. The number of amides is 1. The van der Waals surface area contributed by atoms with Crippen LogP contribution in [0.2, 0.25) is 0 Å². The van der Waals surface area contributed by atoms with Crippen LogP contribution in [0.4, 0.5) is 5.69 Å². The highest BCUT2D eigenvalue weighted by Gasteiger charge is 2.13. The van der Waals surface area contributed by atoms with E-state index in [9.17, 15) is 9.59 Å². The summed E-state index contributed by atoms with van der Waals surface area (Å²) in [6, 6.07) is 6.90. The van der Waals surface area contributed by atoms with Crippen LogP contribution in [-0.2, 0) is 11.8 Å². The first-order valence-corrected chi connectivity index (χ1v) is 8.30. The van der Waals surface area contributed by atoms with E-state index in [4.69, 9.17) is 0 Å². The van der Waals surface area contributed by atoms with Crippen LogP contribution in [0.5, 0.6) is 0 Å². The first-order chi connectivity index (χ1) is 10.9. The molecule has 0 unspecified atom stereocenters. The molecular weight excluding hydrogens is 312 g/mol. The number of nitrogens with one attached hydrogen (secondary N) is 1. The van der Waals surface area contributed by atoms with E-state index in [0.717, 1.165) is 5.82 Å². The topological polar surface area (TPSA) is 76.9 Å². The summed E-state index contributed by atoms with van der Waals surface area (Å²) < 4.78 is 1.90. The van der Waals surface area contributed by atoms with Crippen LogP contribution >= 0.6 is 11.8 Å². The van der Waals surface area contributed by atoms with Gasteiger partial charge >= 0.3 is 0 Å². The molecule has 0 fully saturated rings. The number of rotatable bonds is 6. The zero-order valence-electron chi connectivity index (χ0n) is 13.7. The second-order valence-corrected chi connectivity index (χ2v) is 6.47. The summed E-state index contributed by atoms with van der Waals surface area (Å²) in [7, 11) is 1.89. The molecule has 2 aromatic rings. The van der Waals surface area contributed by atoms with Crippen LogP contribution in [0.3, 0.4) is 0 Å². The van der Waals surface area contributed by atoms with Crippen LogP contribution in [0.25, 0.3) is 0 Å². The molecule has 0 saturated heterocycles. The van der Waals surface area contributed by atoms with Crippen LogP contribution < -0.4 is 5.32 Å². The second-order valence-electron chi connectivity index (χ2n) is 5.53. The summed E-state index contributed by atoms with van der Waals surface area (Å²) >= 11 is 1.33. The molecule has 0 saturated carbocycles. The number of ketones is 1. The van der Waals surface area contributed by atoms with Crippen LogP contribution in [-0.4, -0.2) is 32.2 Å². The van der Waals surface area contributed by atoms with Crippen LogP contribution in [0, 0.1) is 0 Å². The number of hydrogen-bond donors (Lipinski definition) is 1. The van der Waals surface area contributed by atoms with Gasteiger partial charge in [0.1, 0.15) is 5.82 Å². The maximum atomic E-state index is 12.0. The molecule has 0 bridgehead atoms. The minimum absolute atomic E-state index is 0.0317. The normalized spacial score (nSPS) is 10.8. The van der Waals surface area contributed by atoms with E-state index in [1.807, 2.05) is 25.5 Å². The van der Waals surface area contributed by atoms with Crippen molar-refractivity contribution in [1.82, 2.24) is 14.8 Å². The van der Waals surface area contributed by atoms with E-state index in [0.29, 0.717) is 16.4 Å². The van der Waals surface area contributed by atoms with Crippen molar-refractivity contribution in [3.8, 4) is 0 Å². The van der Waals surface area contributed by atoms with Gasteiger partial charge in [-0.25, -0.2) is 0 Å². The fraction of sp³-hybridized carbons (Fsp3) is 0.375. The molecule has 23 heavy (non-hydrogen) atoms. The molecule has 1 aromatic carbocycles. The molecule has 122 valence electrons. The molecule has 2 rings (SSSR count). The van der Waals surface area contributed by atoms with Crippen molar-refractivity contribution < 1.29 is 9.59 Å². The first kappa shape index (κ1) is 17.2. The Hall–Kier alpha value is -2.15. The molecule has 7 heteroatoms. The van der Waals surface area contributed by atoms with Gasteiger partial charge in [0, 0.05) is 24.2 Å². The van der Waals surface area contributed by atoms with Gasteiger partial charge in [0.15, 0.2) is 10.9 Å². The van der Waals surface area contributed by atoms with Gasteiger partial charge in [0.25, 0.3) is 0 Å². The van der Waals surface area contributed by atoms with Crippen molar-refractivity contribution >= 4 is 29.1 Å². The van der Waals surface area contributed by atoms with E-state index in [2.05, 4.69) is 15.5 Å². The molecule has 0 atom stereocenters. The highest BCUT2D eigenvalue weighted by Crippen LogP contribution is 2.20. The summed E-state index contributed by atoms with van der Waals surface area (Å²) in [6.07, 6.45) is 0. The van der Waals surface area contributed by atoms with Gasteiger partial charge in [-0.2, -0.15) is 0 Å². The highest BCUT2D eigenvalue weighted by molar-refractivity contribution is 7.99. The molecule has 0 aliphatic heterocycles. The summed E-state index contributed by atoms with van der Waals surface area (Å²) in [5.41, 5.74) is 1.19. The molecule has 6 nitrogen and oxygen atoms in total. The summed E-state index contributed by atoms with van der Waals surface area (Å²) in [4.78, 5) is 23.4. The lowest BCUT2D eigenvalue weighted by molar-refractivity contribution is -0.113. The van der Waals surface area contributed by atoms with Crippen molar-refractivity contribution in [2.45, 2.75) is 31.8 Å². The Morgan fingerprint density at radius 1 is 1.30 bits per heavy atom. The number of benzene rings is 1. The fourth-order valence-corrected chi connectivity index (χ4v) is 2.82. The lowest BCUT2D eigenvalue weighted by atomic mass is 10.1. The maximum Gasteiger partial charge on any atom is 0.234 e. The fourth-order valence-electron chi connectivity index (χ4n) is 2.10. The maximum absolute atomic E-state index is 12.0. The number of hydrogen-bond acceptors (Lipinski definition) is 5. The molecule has 0 aliphatic carbocycles. The average molecular weight is 332 g/mol. The van der Waals surface area contributed by atoms with Crippen molar-refractivity contribution in [1.29, 1.82) is 0 Å². The van der Waals surface area contributed by atoms with Gasteiger partial charge < -0.3 is 9.88 Å². The zero-order chi connectivity index (χ0) is 17.0. The minimum Gasteiger partial charge on any atom is -0.325 e. The largest absolute Gasteiger partial charge is 0.325 e. The number of thioether (sulfide) groups is 1. The Balaban J connectivity index is 1.95. The number of carbonyl (C=O) groups excluding carboxylic acids is 2. The number of Topliss-reactive ketones (excluding diaryl/α,β-unsaturated/α-hetero) is 1. The molecule has 0 aliphatic rings. The lowest BCUT2D eigenvalue weighted by Gasteiger charge is -2.07. The summed E-state index contributed by atoms with van der Waals surface area (Å²) in [5, 5.41) is 11.7. The van der Waals surface area contributed by atoms with E-state index in [1.165, 1.54) is 18.7 Å². The number of aromatic nitrogens is 3. The monoisotopic (exact) mass is 332 g/mol. The third kappa shape index (κ3) is 4.41. The molecule has 0 radical (unpaired) electrons. The summed E-state index contributed by atoms with van der Waals surface area (Å²) in [6.45, 7) is 5.59. The predicted octanol–water partition coefficient (Wildman–Crippen LogP) is 2.87. The molecule has 1 N–H and O–H groups in total. The molecular formula is C16H20N4O2S. The molecule has 1 amide bonds. The van der Waals surface area contributed by atoms with E-state index in [1.54, 1.807) is 24.3 Å². The predicted molar refractivity (Wildman–Crippen MR) is 90.9 cm³/mol. The second kappa shape index (κ2) is 7.41. The van der Waals surface area contributed by atoms with Gasteiger partial charge in [-0.15, -0.1) is 10.2 Å². The van der Waals surface area contributed by atoms with Gasteiger partial charge in [-0.05, 0) is 19.1 Å². The number of anilines is 1. The molecule has 1 heterocycles. The zero-order valence-corrected chi connectivity index (χ0v) is 14.5. The Morgan fingerprint density at radius 3 is 2.65 bits per heavy atom. The van der Waals surface area contributed by atoms with Crippen molar-refractivity contribution in [2.75, 3.05) is 11.1 Å². The number of nitrogens with zero attached hydrogens (tertiary/aromatic N) is 3. The van der Waals surface area contributed by atoms with Crippen LogP contribution in [0.15, 0.2) is 29.4 Å². The smallest absolute Gasteiger partial charge is 0.234 e. The Kier molecular flexibility index (Phi) is 5.54. The Morgan fingerprint density at radius 2 is 2.04 bits per heavy atom. The van der Waals surface area contributed by atoms with E-state index in [-0.39, 0.29) is 23.4 Å². The first-order valence-electron chi connectivity index (χ1n) is 7.31. The summed E-state index contributed by atoms with van der Waals surface area (Å²) in [5.74, 6) is 1.22. The number of carbonyl (C=O) groups is 2. The minimum atomic E-state index is -0.148. The third-order valence-corrected chi connectivity index (χ3v) is 4.29. The quantitative estimate of drug-likeness (QED) is 0.650. The SMILES string of the molecule is CC(=O)c1cccc(NC(=O)CSc2nnc(C(C)C)n2C)c1. The van der Waals surface area contributed by atoms with E-state index < -0.39 is 0 Å². The van der Waals surface area contributed by atoms with Gasteiger partial charge in [-0.1, -0.05) is 37.7 Å².